The minimum absolute atomic E-state index is 0.0836. The second kappa shape index (κ2) is 9.38. The number of carbonyl (C=O) groups is 2. The molecule has 2 aliphatic heterocycles. The van der Waals surface area contributed by atoms with Crippen molar-refractivity contribution in [2.75, 3.05) is 26.2 Å². The van der Waals surface area contributed by atoms with E-state index in [-0.39, 0.29) is 12.3 Å². The number of benzene rings is 2. The van der Waals surface area contributed by atoms with E-state index in [0.717, 1.165) is 74.4 Å². The minimum Gasteiger partial charge on any atom is -0.366 e. The molecule has 2 saturated heterocycles. The van der Waals surface area contributed by atoms with E-state index in [0.29, 0.717) is 17.0 Å². The van der Waals surface area contributed by atoms with Gasteiger partial charge >= 0.3 is 0 Å². The summed E-state index contributed by atoms with van der Waals surface area (Å²) >= 11 is 0. The SMILES string of the molecule is Cc1ccc(CC(=O)N2CCC3(CC2)CN(C2CCc4cc(-c5ncccn5)ccc42)C3)c(C(N)=O)c1. The summed E-state index contributed by atoms with van der Waals surface area (Å²) in [6.07, 6.45) is 8.14. The summed E-state index contributed by atoms with van der Waals surface area (Å²) in [4.78, 5) is 38.3. The Morgan fingerprint density at radius 2 is 1.81 bits per heavy atom. The molecular formula is C30H33N5O2. The van der Waals surface area contributed by atoms with Crippen molar-refractivity contribution in [1.29, 1.82) is 0 Å². The summed E-state index contributed by atoms with van der Waals surface area (Å²) < 4.78 is 0. The number of nitrogens with two attached hydrogens (primary N) is 1. The lowest BCUT2D eigenvalue weighted by Crippen LogP contribution is -2.61. The van der Waals surface area contributed by atoms with Gasteiger partial charge in [0.1, 0.15) is 0 Å². The number of likely N-dealkylation sites (tertiary alicyclic amines) is 2. The second-order valence-electron chi connectivity index (χ2n) is 11.0. The maximum atomic E-state index is 13.0. The van der Waals surface area contributed by atoms with Crippen molar-refractivity contribution < 1.29 is 9.59 Å². The molecule has 2 aromatic carbocycles. The Balaban J connectivity index is 1.05. The van der Waals surface area contributed by atoms with Gasteiger partial charge in [-0.25, -0.2) is 9.97 Å². The molecule has 1 atom stereocenters. The van der Waals surface area contributed by atoms with Crippen molar-refractivity contribution >= 4 is 11.8 Å². The molecule has 7 nitrogen and oxygen atoms in total. The molecule has 6 rings (SSSR count). The molecule has 0 radical (unpaired) electrons. The van der Waals surface area contributed by atoms with Gasteiger partial charge in [0.15, 0.2) is 5.82 Å². The fourth-order valence-corrected chi connectivity index (χ4v) is 6.49. The van der Waals surface area contributed by atoms with E-state index in [9.17, 15) is 9.59 Å². The van der Waals surface area contributed by atoms with E-state index in [1.807, 2.05) is 30.0 Å². The highest BCUT2D eigenvalue weighted by molar-refractivity contribution is 5.96. The molecule has 0 saturated carbocycles. The quantitative estimate of drug-likeness (QED) is 0.583. The lowest BCUT2D eigenvalue weighted by molar-refractivity contribution is -0.136. The third kappa shape index (κ3) is 4.53. The third-order valence-corrected chi connectivity index (χ3v) is 8.58. The first-order valence-corrected chi connectivity index (χ1v) is 13.2. The first-order chi connectivity index (χ1) is 17.9. The summed E-state index contributed by atoms with van der Waals surface area (Å²) in [5, 5.41) is 0. The van der Waals surface area contributed by atoms with E-state index < -0.39 is 5.91 Å². The number of nitrogens with zero attached hydrogens (tertiary/aromatic N) is 4. The number of piperidine rings is 1. The van der Waals surface area contributed by atoms with Gasteiger partial charge in [-0.2, -0.15) is 0 Å². The number of aromatic nitrogens is 2. The highest BCUT2D eigenvalue weighted by Crippen LogP contribution is 2.48. The summed E-state index contributed by atoms with van der Waals surface area (Å²) in [5.74, 6) is 0.392. The van der Waals surface area contributed by atoms with Gasteiger partial charge in [-0.15, -0.1) is 0 Å². The number of primary amides is 1. The van der Waals surface area contributed by atoms with Crippen LogP contribution in [-0.4, -0.2) is 57.8 Å². The Kier molecular flexibility index (Phi) is 6.03. The molecule has 7 heteroatoms. The smallest absolute Gasteiger partial charge is 0.249 e. The van der Waals surface area contributed by atoms with Crippen LogP contribution in [0.2, 0.25) is 0 Å². The number of hydrogen-bond donors (Lipinski definition) is 1. The van der Waals surface area contributed by atoms with Crippen LogP contribution >= 0.6 is 0 Å². The van der Waals surface area contributed by atoms with Crippen molar-refractivity contribution in [2.24, 2.45) is 11.1 Å². The number of aryl methyl sites for hydroxylation is 2. The van der Waals surface area contributed by atoms with Gasteiger partial charge in [0, 0.05) is 55.7 Å². The standard InChI is InChI=1S/C30H33N5O2/c1-20-3-4-22(25(15-20)28(31)37)17-27(36)34-13-9-30(10-14-34)18-35(19-30)26-8-6-21-16-23(5-7-24(21)26)29-32-11-2-12-33-29/h2-5,7,11-12,15-16,26H,6,8-10,13-14,17-19H2,1H3,(H2,31,37). The van der Waals surface area contributed by atoms with Gasteiger partial charge in [0.2, 0.25) is 11.8 Å². The predicted molar refractivity (Wildman–Crippen MR) is 142 cm³/mol. The van der Waals surface area contributed by atoms with Gasteiger partial charge in [-0.1, -0.05) is 29.8 Å². The van der Waals surface area contributed by atoms with Crippen LogP contribution in [0.5, 0.6) is 0 Å². The number of fused-ring (bicyclic) bond motifs is 1. The summed E-state index contributed by atoms with van der Waals surface area (Å²) in [5.41, 5.74) is 12.0. The van der Waals surface area contributed by atoms with Crippen LogP contribution in [0.4, 0.5) is 0 Å². The van der Waals surface area contributed by atoms with E-state index in [1.165, 1.54) is 11.1 Å². The van der Waals surface area contributed by atoms with Crippen LogP contribution in [0.15, 0.2) is 54.9 Å². The first kappa shape index (κ1) is 23.8. The highest BCUT2D eigenvalue weighted by Gasteiger charge is 2.48. The summed E-state index contributed by atoms with van der Waals surface area (Å²) in [7, 11) is 0. The number of amides is 2. The van der Waals surface area contributed by atoms with Crippen LogP contribution in [0.3, 0.4) is 0 Å². The zero-order chi connectivity index (χ0) is 25.6. The first-order valence-electron chi connectivity index (χ1n) is 13.2. The molecule has 1 spiro atoms. The predicted octanol–water partition coefficient (Wildman–Crippen LogP) is 3.71. The fourth-order valence-electron chi connectivity index (χ4n) is 6.49. The molecule has 37 heavy (non-hydrogen) atoms. The van der Waals surface area contributed by atoms with Crippen LogP contribution in [0.25, 0.3) is 11.4 Å². The van der Waals surface area contributed by atoms with Gasteiger partial charge in [-0.3, -0.25) is 14.5 Å². The second-order valence-corrected chi connectivity index (χ2v) is 11.0. The maximum Gasteiger partial charge on any atom is 0.249 e. The van der Waals surface area contributed by atoms with Crippen molar-refractivity contribution in [3.8, 4) is 11.4 Å². The molecule has 3 aliphatic rings. The van der Waals surface area contributed by atoms with Crippen LogP contribution < -0.4 is 5.73 Å². The highest BCUT2D eigenvalue weighted by atomic mass is 16.2. The topological polar surface area (TPSA) is 92.4 Å². The van der Waals surface area contributed by atoms with E-state index in [4.69, 9.17) is 5.73 Å². The van der Waals surface area contributed by atoms with Crippen molar-refractivity contribution in [2.45, 2.75) is 45.1 Å². The third-order valence-electron chi connectivity index (χ3n) is 8.58. The van der Waals surface area contributed by atoms with Gasteiger partial charge in [-0.05, 0) is 72.9 Å². The van der Waals surface area contributed by atoms with Gasteiger partial charge in [0.25, 0.3) is 0 Å². The maximum absolute atomic E-state index is 13.0. The molecule has 190 valence electrons. The molecular weight excluding hydrogens is 462 g/mol. The number of rotatable bonds is 5. The largest absolute Gasteiger partial charge is 0.366 e. The molecule has 2 N–H and O–H groups in total. The van der Waals surface area contributed by atoms with E-state index in [2.05, 4.69) is 33.1 Å². The van der Waals surface area contributed by atoms with E-state index in [1.54, 1.807) is 18.5 Å². The van der Waals surface area contributed by atoms with Gasteiger partial charge < -0.3 is 10.6 Å². The number of hydrogen-bond acceptors (Lipinski definition) is 5. The average Bonchev–Trinajstić information content (AvgIpc) is 3.31. The lowest BCUT2D eigenvalue weighted by Gasteiger charge is -2.56. The van der Waals surface area contributed by atoms with E-state index >= 15 is 0 Å². The molecule has 2 fully saturated rings. The Labute approximate surface area is 217 Å². The Morgan fingerprint density at radius 3 is 2.54 bits per heavy atom. The van der Waals surface area contributed by atoms with Gasteiger partial charge in [0.05, 0.1) is 6.42 Å². The molecule has 3 heterocycles. The van der Waals surface area contributed by atoms with Crippen molar-refractivity contribution in [3.63, 3.8) is 0 Å². The minimum atomic E-state index is -0.475. The Morgan fingerprint density at radius 1 is 1.05 bits per heavy atom. The average molecular weight is 496 g/mol. The van der Waals surface area contributed by atoms with Crippen molar-refractivity contribution in [3.05, 3.63) is 82.7 Å². The van der Waals surface area contributed by atoms with Crippen LogP contribution in [0.1, 0.15) is 57.9 Å². The molecule has 1 aliphatic carbocycles. The fraction of sp³-hybridized carbons (Fsp3) is 0.400. The number of carbonyl (C=O) groups excluding carboxylic acids is 2. The Hall–Kier alpha value is -3.58. The van der Waals surface area contributed by atoms with Crippen molar-refractivity contribution in [1.82, 2.24) is 19.8 Å². The van der Waals surface area contributed by atoms with Crippen LogP contribution in [-0.2, 0) is 17.6 Å². The summed E-state index contributed by atoms with van der Waals surface area (Å²) in [6.45, 7) is 5.70. The molecule has 2 amide bonds. The normalized spacial score (nSPS) is 20.5. The zero-order valence-corrected chi connectivity index (χ0v) is 21.3. The monoisotopic (exact) mass is 495 g/mol. The summed E-state index contributed by atoms with van der Waals surface area (Å²) in [6, 6.07) is 14.6. The lowest BCUT2D eigenvalue weighted by atomic mass is 9.71. The van der Waals surface area contributed by atoms with Crippen LogP contribution in [0, 0.1) is 12.3 Å². The molecule has 3 aromatic rings. The molecule has 1 aromatic heterocycles. The Bertz CT molecular complexity index is 1340. The molecule has 0 bridgehead atoms. The molecule has 1 unspecified atom stereocenters. The zero-order valence-electron chi connectivity index (χ0n) is 21.3.